The van der Waals surface area contributed by atoms with Crippen molar-refractivity contribution in [2.45, 2.75) is 64.3 Å². The lowest BCUT2D eigenvalue weighted by atomic mass is 9.48. The Balaban J connectivity index is 1.46. The van der Waals surface area contributed by atoms with Gasteiger partial charge in [0.25, 0.3) is 0 Å². The first-order chi connectivity index (χ1) is 11.5. The summed E-state index contributed by atoms with van der Waals surface area (Å²) in [5.41, 5.74) is 0.256. The van der Waals surface area contributed by atoms with Crippen molar-refractivity contribution in [3.05, 3.63) is 12.2 Å². The number of hydrogen-bond donors (Lipinski definition) is 1. The zero-order valence-electron chi connectivity index (χ0n) is 14.5. The molecule has 0 saturated heterocycles. The summed E-state index contributed by atoms with van der Waals surface area (Å²) in [6.45, 7) is 2.15. The van der Waals surface area contributed by atoms with Gasteiger partial charge in [-0.15, -0.1) is 0 Å². The van der Waals surface area contributed by atoms with Gasteiger partial charge in [-0.3, -0.25) is 4.79 Å². The topological polar surface area (TPSA) is 69.2 Å². The molecule has 0 radical (unpaired) electrons. The van der Waals surface area contributed by atoms with Crippen LogP contribution < -0.4 is 10.4 Å². The number of amides is 1. The van der Waals surface area contributed by atoms with Crippen molar-refractivity contribution < 1.29 is 14.7 Å². The van der Waals surface area contributed by atoms with Gasteiger partial charge in [0.2, 0.25) is 5.91 Å². The minimum absolute atomic E-state index is 0.0863. The third-order valence-corrected chi connectivity index (χ3v) is 7.43. The fourth-order valence-corrected chi connectivity index (χ4v) is 6.55. The minimum atomic E-state index is -1.10. The largest absolute Gasteiger partial charge is 0.550 e. The van der Waals surface area contributed by atoms with Crippen molar-refractivity contribution in [3.63, 3.8) is 0 Å². The fourth-order valence-electron chi connectivity index (χ4n) is 6.55. The highest BCUT2D eigenvalue weighted by atomic mass is 16.4. The third-order valence-electron chi connectivity index (χ3n) is 7.43. The highest BCUT2D eigenvalue weighted by molar-refractivity contribution is 5.85. The Labute approximate surface area is 144 Å². The Morgan fingerprint density at radius 2 is 1.50 bits per heavy atom. The molecule has 1 N–H and O–H groups in total. The number of rotatable bonds is 4. The summed E-state index contributed by atoms with van der Waals surface area (Å²) in [6, 6.07) is 0.145. The van der Waals surface area contributed by atoms with E-state index in [0.717, 1.165) is 17.8 Å². The maximum Gasteiger partial charge on any atom is 0.224 e. The van der Waals surface area contributed by atoms with Crippen LogP contribution in [-0.4, -0.2) is 17.9 Å². The lowest BCUT2D eigenvalue weighted by molar-refractivity contribution is -0.313. The van der Waals surface area contributed by atoms with Crippen LogP contribution in [0.15, 0.2) is 12.2 Å². The maximum absolute atomic E-state index is 12.8. The molecule has 4 bridgehead atoms. The molecule has 4 saturated carbocycles. The molecule has 132 valence electrons. The first kappa shape index (κ1) is 16.2. The highest BCUT2D eigenvalue weighted by Gasteiger charge is 2.53. The molecule has 5 aliphatic carbocycles. The van der Waals surface area contributed by atoms with E-state index in [1.54, 1.807) is 0 Å². The molecule has 0 aromatic heterocycles. The average molecular weight is 330 g/mol. The first-order valence-electron chi connectivity index (χ1n) is 9.63. The summed E-state index contributed by atoms with van der Waals surface area (Å²) >= 11 is 0. The molecule has 0 unspecified atom stereocenters. The quantitative estimate of drug-likeness (QED) is 0.802. The maximum atomic E-state index is 12.8. The second kappa shape index (κ2) is 5.89. The van der Waals surface area contributed by atoms with Crippen molar-refractivity contribution in [1.82, 2.24) is 5.32 Å². The molecule has 5 rings (SSSR count). The van der Waals surface area contributed by atoms with Crippen LogP contribution in [0.25, 0.3) is 0 Å². The van der Waals surface area contributed by atoms with Crippen LogP contribution in [0.5, 0.6) is 0 Å². The molecule has 0 heterocycles. The van der Waals surface area contributed by atoms with E-state index < -0.39 is 17.8 Å². The SMILES string of the molecule is C[C@H](NC(=O)[C@@H]1CC=CC[C@@H]1C(=O)[O-])C12CC3CC(CC(C3)C1)C2. The summed E-state index contributed by atoms with van der Waals surface area (Å²) in [7, 11) is 0. The molecule has 5 aliphatic rings. The average Bonchev–Trinajstić information content (AvgIpc) is 2.53. The van der Waals surface area contributed by atoms with Crippen molar-refractivity contribution >= 4 is 11.9 Å². The Bertz CT molecular complexity index is 532. The van der Waals surface area contributed by atoms with E-state index in [-0.39, 0.29) is 17.4 Å². The lowest BCUT2D eigenvalue weighted by Crippen LogP contribution is -2.57. The van der Waals surface area contributed by atoms with Gasteiger partial charge in [-0.2, -0.15) is 0 Å². The molecule has 0 spiro atoms. The first-order valence-corrected chi connectivity index (χ1v) is 9.63. The van der Waals surface area contributed by atoms with Gasteiger partial charge in [0, 0.05) is 23.8 Å². The summed E-state index contributed by atoms with van der Waals surface area (Å²) in [4.78, 5) is 24.1. The van der Waals surface area contributed by atoms with Gasteiger partial charge >= 0.3 is 0 Å². The van der Waals surface area contributed by atoms with Crippen LogP contribution >= 0.6 is 0 Å². The molecule has 1 amide bonds. The van der Waals surface area contributed by atoms with E-state index in [2.05, 4.69) is 12.2 Å². The molecule has 4 fully saturated rings. The highest BCUT2D eigenvalue weighted by Crippen LogP contribution is 2.61. The molecule has 4 heteroatoms. The molecular formula is C20H28NO3-. The van der Waals surface area contributed by atoms with Gasteiger partial charge in [-0.05, 0) is 81.5 Å². The van der Waals surface area contributed by atoms with Crippen LogP contribution in [0.3, 0.4) is 0 Å². The molecule has 24 heavy (non-hydrogen) atoms. The summed E-state index contributed by atoms with van der Waals surface area (Å²) in [6.07, 6.45) is 12.6. The van der Waals surface area contributed by atoms with Gasteiger partial charge in [0.1, 0.15) is 0 Å². The monoisotopic (exact) mass is 330 g/mol. The van der Waals surface area contributed by atoms with E-state index in [1.165, 1.54) is 38.5 Å². The summed E-state index contributed by atoms with van der Waals surface area (Å²) in [5, 5.41) is 14.6. The summed E-state index contributed by atoms with van der Waals surface area (Å²) < 4.78 is 0. The van der Waals surface area contributed by atoms with Crippen molar-refractivity contribution in [3.8, 4) is 0 Å². The van der Waals surface area contributed by atoms with E-state index >= 15 is 0 Å². The fraction of sp³-hybridized carbons (Fsp3) is 0.800. The lowest BCUT2D eigenvalue weighted by Gasteiger charge is -2.59. The van der Waals surface area contributed by atoms with Crippen molar-refractivity contribution in [2.75, 3.05) is 0 Å². The van der Waals surface area contributed by atoms with E-state index in [4.69, 9.17) is 0 Å². The van der Waals surface area contributed by atoms with Gasteiger partial charge < -0.3 is 15.2 Å². The van der Waals surface area contributed by atoms with E-state index in [1.807, 2.05) is 12.2 Å². The van der Waals surface area contributed by atoms with Gasteiger partial charge in [0.05, 0.1) is 0 Å². The number of hydrogen-bond acceptors (Lipinski definition) is 3. The molecular weight excluding hydrogens is 302 g/mol. The Hall–Kier alpha value is -1.32. The second-order valence-electron chi connectivity index (χ2n) is 8.99. The van der Waals surface area contributed by atoms with Crippen molar-refractivity contribution in [2.24, 2.45) is 35.0 Å². The van der Waals surface area contributed by atoms with Gasteiger partial charge in [-0.1, -0.05) is 12.2 Å². The number of carbonyl (C=O) groups is 2. The van der Waals surface area contributed by atoms with Crippen LogP contribution in [0.1, 0.15) is 58.3 Å². The summed E-state index contributed by atoms with van der Waals surface area (Å²) in [5.74, 6) is 0.214. The van der Waals surface area contributed by atoms with Crippen LogP contribution in [0.2, 0.25) is 0 Å². The Morgan fingerprint density at radius 3 is 2.00 bits per heavy atom. The number of carboxylic acids is 1. The normalized spacial score (nSPS) is 44.3. The van der Waals surface area contributed by atoms with E-state index in [0.29, 0.717) is 12.8 Å². The van der Waals surface area contributed by atoms with E-state index in [9.17, 15) is 14.7 Å². The van der Waals surface area contributed by atoms with Gasteiger partial charge in [-0.25, -0.2) is 0 Å². The predicted molar refractivity (Wildman–Crippen MR) is 88.6 cm³/mol. The second-order valence-corrected chi connectivity index (χ2v) is 8.99. The number of carboxylic acid groups (broad SMARTS) is 1. The van der Waals surface area contributed by atoms with Crippen LogP contribution in [0, 0.1) is 35.0 Å². The molecule has 0 aromatic carbocycles. The Kier molecular flexibility index (Phi) is 3.97. The zero-order valence-corrected chi connectivity index (χ0v) is 14.5. The smallest absolute Gasteiger partial charge is 0.224 e. The van der Waals surface area contributed by atoms with Crippen LogP contribution in [0.4, 0.5) is 0 Å². The van der Waals surface area contributed by atoms with Crippen LogP contribution in [-0.2, 0) is 9.59 Å². The number of allylic oxidation sites excluding steroid dienone is 2. The molecule has 0 aliphatic heterocycles. The number of carbonyl (C=O) groups excluding carboxylic acids is 2. The number of aliphatic carboxylic acids is 1. The molecule has 3 atom stereocenters. The predicted octanol–water partition coefficient (Wildman–Crippen LogP) is 2.04. The van der Waals surface area contributed by atoms with Crippen molar-refractivity contribution in [1.29, 1.82) is 0 Å². The molecule has 4 nitrogen and oxygen atoms in total. The minimum Gasteiger partial charge on any atom is -0.550 e. The van der Waals surface area contributed by atoms with Gasteiger partial charge in [0.15, 0.2) is 0 Å². The molecule has 0 aromatic rings. The standard InChI is InChI=1S/C20H29NO3/c1-12(20-9-13-6-14(10-20)8-15(7-13)11-20)21-18(22)16-4-2-3-5-17(16)19(23)24/h2-3,12-17H,4-11H2,1H3,(H,21,22)(H,23,24)/p-1/t12-,13?,14?,15?,16+,17-,20?/m0/s1. The zero-order chi connectivity index (χ0) is 16.9. The number of nitrogens with one attached hydrogen (secondary N) is 1. The third kappa shape index (κ3) is 2.68. The Morgan fingerprint density at radius 1 is 1.00 bits per heavy atom.